The summed E-state index contributed by atoms with van der Waals surface area (Å²) in [5, 5.41) is 3.68. The molecule has 6 nitrogen and oxygen atoms in total. The van der Waals surface area contributed by atoms with E-state index in [9.17, 15) is 4.79 Å². The van der Waals surface area contributed by atoms with Gasteiger partial charge in [0.1, 0.15) is 12.4 Å². The number of rotatable bonds is 3. The minimum Gasteiger partial charge on any atom is -0.468 e. The largest absolute Gasteiger partial charge is 0.468 e. The molecule has 1 aromatic heterocycles. The Morgan fingerprint density at radius 3 is 2.94 bits per heavy atom. The number of para-hydroxylation sites is 1. The van der Waals surface area contributed by atoms with Crippen molar-refractivity contribution in [1.82, 2.24) is 9.97 Å². The second-order valence-corrected chi connectivity index (χ2v) is 3.38. The van der Waals surface area contributed by atoms with Crippen molar-refractivity contribution in [3.8, 4) is 0 Å². The van der Waals surface area contributed by atoms with E-state index < -0.39 is 0 Å². The predicted molar refractivity (Wildman–Crippen MR) is 64.5 cm³/mol. The van der Waals surface area contributed by atoms with Crippen LogP contribution in [0, 0.1) is 0 Å². The Labute approximate surface area is 97.8 Å². The topological polar surface area (TPSA) is 90.1 Å². The lowest BCUT2D eigenvalue weighted by atomic mass is 10.2. The summed E-state index contributed by atoms with van der Waals surface area (Å²) in [5.74, 6) is 0.320. The first-order chi connectivity index (χ1) is 8.20. The van der Waals surface area contributed by atoms with Gasteiger partial charge >= 0.3 is 5.97 Å². The number of hydrogen-bond donors (Lipinski definition) is 2. The summed E-state index contributed by atoms with van der Waals surface area (Å²) < 4.78 is 4.54. The summed E-state index contributed by atoms with van der Waals surface area (Å²) in [6, 6.07) is 7.41. The predicted octanol–water partition coefficient (Wildman–Crippen LogP) is 0.797. The van der Waals surface area contributed by atoms with Gasteiger partial charge in [-0.3, -0.25) is 4.79 Å². The van der Waals surface area contributed by atoms with Gasteiger partial charge in [-0.1, -0.05) is 12.1 Å². The molecule has 6 heteroatoms. The highest BCUT2D eigenvalue weighted by atomic mass is 16.5. The van der Waals surface area contributed by atoms with Gasteiger partial charge < -0.3 is 15.8 Å². The zero-order valence-electron chi connectivity index (χ0n) is 9.30. The maximum Gasteiger partial charge on any atom is 0.325 e. The Morgan fingerprint density at radius 2 is 2.18 bits per heavy atom. The zero-order valence-corrected chi connectivity index (χ0v) is 9.30. The lowest BCUT2D eigenvalue weighted by Crippen LogP contribution is -2.16. The third kappa shape index (κ3) is 2.41. The number of hydrogen-bond acceptors (Lipinski definition) is 6. The number of methoxy groups -OCH3 is 1. The molecule has 0 aliphatic rings. The number of benzene rings is 1. The zero-order chi connectivity index (χ0) is 12.3. The highest BCUT2D eigenvalue weighted by Crippen LogP contribution is 2.20. The molecule has 2 rings (SSSR count). The molecule has 3 N–H and O–H groups in total. The molecule has 1 aromatic carbocycles. The van der Waals surface area contributed by atoms with Gasteiger partial charge in [-0.05, 0) is 12.1 Å². The van der Waals surface area contributed by atoms with Crippen molar-refractivity contribution in [2.24, 2.45) is 0 Å². The van der Waals surface area contributed by atoms with Crippen LogP contribution in [-0.2, 0) is 9.53 Å². The number of fused-ring (bicyclic) bond motifs is 1. The fraction of sp³-hybridized carbons (Fsp3) is 0.182. The van der Waals surface area contributed by atoms with E-state index in [1.54, 1.807) is 0 Å². The number of nitrogens with two attached hydrogens (primary N) is 1. The smallest absolute Gasteiger partial charge is 0.325 e. The molecule has 0 spiro atoms. The van der Waals surface area contributed by atoms with Crippen LogP contribution in [0.1, 0.15) is 0 Å². The van der Waals surface area contributed by atoms with Crippen LogP contribution in [0.2, 0.25) is 0 Å². The van der Waals surface area contributed by atoms with Crippen molar-refractivity contribution in [2.75, 3.05) is 24.7 Å². The van der Waals surface area contributed by atoms with Crippen molar-refractivity contribution in [3.05, 3.63) is 24.3 Å². The summed E-state index contributed by atoms with van der Waals surface area (Å²) in [6.45, 7) is 0.0386. The molecule has 0 fully saturated rings. The Balaban J connectivity index is 2.35. The number of anilines is 2. The van der Waals surface area contributed by atoms with Crippen LogP contribution in [0.4, 0.5) is 11.8 Å². The van der Waals surface area contributed by atoms with Crippen LogP contribution in [0.5, 0.6) is 0 Å². The molecule has 0 aliphatic heterocycles. The maximum atomic E-state index is 11.0. The molecule has 0 radical (unpaired) electrons. The summed E-state index contributed by atoms with van der Waals surface area (Å²) in [6.07, 6.45) is 0. The minimum atomic E-state index is -0.369. The van der Waals surface area contributed by atoms with Crippen LogP contribution in [0.25, 0.3) is 10.9 Å². The number of aromatic nitrogens is 2. The van der Waals surface area contributed by atoms with Gasteiger partial charge in [-0.25, -0.2) is 4.98 Å². The normalized spacial score (nSPS) is 10.2. The van der Waals surface area contributed by atoms with Crippen molar-refractivity contribution in [1.29, 1.82) is 0 Å². The van der Waals surface area contributed by atoms with Crippen LogP contribution in [-0.4, -0.2) is 29.6 Å². The number of ether oxygens (including phenoxy) is 1. The number of nitrogens with zero attached hydrogens (tertiary/aromatic N) is 2. The lowest BCUT2D eigenvalue weighted by Gasteiger charge is -2.08. The van der Waals surface area contributed by atoms with Crippen LogP contribution < -0.4 is 11.1 Å². The third-order valence-corrected chi connectivity index (χ3v) is 2.25. The highest BCUT2D eigenvalue weighted by Gasteiger charge is 2.07. The first kappa shape index (κ1) is 11.1. The first-order valence-corrected chi connectivity index (χ1v) is 5.03. The molecule has 1 heterocycles. The van der Waals surface area contributed by atoms with E-state index in [1.807, 2.05) is 24.3 Å². The third-order valence-electron chi connectivity index (χ3n) is 2.25. The number of nitrogen functional groups attached to an aromatic ring is 1. The molecule has 0 unspecified atom stereocenters. The molecule has 2 aromatic rings. The highest BCUT2D eigenvalue weighted by molar-refractivity contribution is 5.91. The van der Waals surface area contributed by atoms with E-state index in [0.29, 0.717) is 5.82 Å². The summed E-state index contributed by atoms with van der Waals surface area (Å²) in [5.41, 5.74) is 6.31. The Bertz CT molecular complexity index is 556. The molecule has 0 saturated heterocycles. The molecular weight excluding hydrogens is 220 g/mol. The minimum absolute atomic E-state index is 0.0386. The van der Waals surface area contributed by atoms with Gasteiger partial charge in [-0.15, -0.1) is 0 Å². The molecule has 0 saturated carbocycles. The van der Waals surface area contributed by atoms with E-state index in [4.69, 9.17) is 5.73 Å². The Morgan fingerprint density at radius 1 is 1.41 bits per heavy atom. The van der Waals surface area contributed by atoms with Crippen molar-refractivity contribution in [2.45, 2.75) is 0 Å². The lowest BCUT2D eigenvalue weighted by molar-refractivity contribution is -0.138. The van der Waals surface area contributed by atoms with E-state index in [1.165, 1.54) is 7.11 Å². The quantitative estimate of drug-likeness (QED) is 0.760. The van der Waals surface area contributed by atoms with E-state index >= 15 is 0 Å². The number of nitrogens with one attached hydrogen (secondary N) is 1. The maximum absolute atomic E-state index is 11.0. The number of carbonyl (C=O) groups is 1. The van der Waals surface area contributed by atoms with Crippen molar-refractivity contribution in [3.63, 3.8) is 0 Å². The average Bonchev–Trinajstić information content (AvgIpc) is 2.35. The second-order valence-electron chi connectivity index (χ2n) is 3.38. The van der Waals surface area contributed by atoms with Crippen molar-refractivity contribution >= 4 is 28.6 Å². The van der Waals surface area contributed by atoms with Gasteiger partial charge in [0.2, 0.25) is 5.95 Å². The molecule has 0 aliphatic carbocycles. The van der Waals surface area contributed by atoms with Gasteiger partial charge in [-0.2, -0.15) is 4.98 Å². The Kier molecular flexibility index (Phi) is 3.04. The summed E-state index contributed by atoms with van der Waals surface area (Å²) in [4.78, 5) is 19.2. The Hall–Kier alpha value is -2.37. The first-order valence-electron chi connectivity index (χ1n) is 5.03. The van der Waals surface area contributed by atoms with Gasteiger partial charge in [0.25, 0.3) is 0 Å². The number of carbonyl (C=O) groups excluding carboxylic acids is 1. The molecule has 0 bridgehead atoms. The second kappa shape index (κ2) is 4.65. The fourth-order valence-corrected chi connectivity index (χ4v) is 1.46. The monoisotopic (exact) mass is 232 g/mol. The van der Waals surface area contributed by atoms with Crippen LogP contribution in [0.3, 0.4) is 0 Å². The van der Waals surface area contributed by atoms with Crippen LogP contribution in [0.15, 0.2) is 24.3 Å². The SMILES string of the molecule is COC(=O)CNc1nc(N)nc2ccccc12. The molecule has 88 valence electrons. The van der Waals surface area contributed by atoms with E-state index in [-0.39, 0.29) is 18.5 Å². The van der Waals surface area contributed by atoms with E-state index in [2.05, 4.69) is 20.0 Å². The van der Waals surface area contributed by atoms with Gasteiger partial charge in [0.15, 0.2) is 0 Å². The van der Waals surface area contributed by atoms with Crippen LogP contribution >= 0.6 is 0 Å². The van der Waals surface area contributed by atoms with Gasteiger partial charge in [0.05, 0.1) is 12.6 Å². The number of esters is 1. The van der Waals surface area contributed by atoms with Crippen molar-refractivity contribution < 1.29 is 9.53 Å². The summed E-state index contributed by atoms with van der Waals surface area (Å²) >= 11 is 0. The van der Waals surface area contributed by atoms with Gasteiger partial charge in [0, 0.05) is 5.39 Å². The van der Waals surface area contributed by atoms with E-state index in [0.717, 1.165) is 10.9 Å². The molecular formula is C11H12N4O2. The standard InChI is InChI=1S/C11H12N4O2/c1-17-9(16)6-13-10-7-4-2-3-5-8(7)14-11(12)15-10/h2-5H,6H2,1H3,(H3,12,13,14,15). The summed E-state index contributed by atoms with van der Waals surface area (Å²) in [7, 11) is 1.33. The molecule has 0 amide bonds. The fourth-order valence-electron chi connectivity index (χ4n) is 1.46. The molecule has 17 heavy (non-hydrogen) atoms. The average molecular weight is 232 g/mol. The molecule has 0 atom stereocenters.